The number of aliphatic hydroxyl groups excluding tert-OH is 1. The first-order valence-electron chi connectivity index (χ1n) is 4.51. The van der Waals surface area contributed by atoms with Crippen molar-refractivity contribution in [1.82, 2.24) is 0 Å². The summed E-state index contributed by atoms with van der Waals surface area (Å²) in [6.45, 7) is 5.98. The van der Waals surface area contributed by atoms with Crippen LogP contribution in [0.1, 0.15) is 36.1 Å². The first-order chi connectivity index (χ1) is 6.06. The van der Waals surface area contributed by atoms with E-state index in [-0.39, 0.29) is 0 Å². The fourth-order valence-electron chi connectivity index (χ4n) is 1.28. The quantitative estimate of drug-likeness (QED) is 0.773. The molecule has 1 nitrogen and oxygen atoms in total. The van der Waals surface area contributed by atoms with E-state index in [2.05, 4.69) is 0 Å². The van der Waals surface area contributed by atoms with Crippen molar-refractivity contribution in [1.29, 1.82) is 0 Å². The van der Waals surface area contributed by atoms with Crippen molar-refractivity contribution in [3.8, 4) is 0 Å². The third-order valence-corrected chi connectivity index (χ3v) is 2.69. The SMILES string of the molecule is CC[C@H](O)c1cc(C)c(C)cc1Cl. The summed E-state index contributed by atoms with van der Waals surface area (Å²) >= 11 is 6.02. The summed E-state index contributed by atoms with van der Waals surface area (Å²) in [6.07, 6.45) is 0.258. The Balaban J connectivity index is 3.15. The van der Waals surface area contributed by atoms with Gasteiger partial charge in [0.2, 0.25) is 0 Å². The van der Waals surface area contributed by atoms with Gasteiger partial charge in [-0.2, -0.15) is 0 Å². The first-order valence-corrected chi connectivity index (χ1v) is 4.88. The lowest BCUT2D eigenvalue weighted by molar-refractivity contribution is 0.173. The summed E-state index contributed by atoms with van der Waals surface area (Å²) in [6, 6.07) is 3.87. The van der Waals surface area contributed by atoms with Gasteiger partial charge >= 0.3 is 0 Å². The molecular weight excluding hydrogens is 184 g/mol. The van der Waals surface area contributed by atoms with E-state index in [9.17, 15) is 5.11 Å². The van der Waals surface area contributed by atoms with E-state index in [1.165, 1.54) is 5.56 Å². The lowest BCUT2D eigenvalue weighted by Gasteiger charge is -2.12. The molecule has 0 saturated carbocycles. The Kier molecular flexibility index (Phi) is 3.34. The maximum atomic E-state index is 9.64. The standard InChI is InChI=1S/C11H15ClO/c1-4-11(13)9-5-7(2)8(3)6-10(9)12/h5-6,11,13H,4H2,1-3H3/t11-/m0/s1. The molecule has 0 spiro atoms. The van der Waals surface area contributed by atoms with E-state index in [4.69, 9.17) is 11.6 Å². The molecule has 2 heteroatoms. The predicted molar refractivity (Wildman–Crippen MR) is 56.2 cm³/mol. The van der Waals surface area contributed by atoms with Gasteiger partial charge < -0.3 is 5.11 Å². The molecule has 0 aliphatic heterocycles. The molecule has 1 N–H and O–H groups in total. The third-order valence-electron chi connectivity index (χ3n) is 2.36. The molecule has 1 aromatic rings. The van der Waals surface area contributed by atoms with Crippen molar-refractivity contribution >= 4 is 11.6 Å². The van der Waals surface area contributed by atoms with Crippen LogP contribution >= 0.6 is 11.6 Å². The Hall–Kier alpha value is -0.530. The average Bonchev–Trinajstić information content (AvgIpc) is 2.10. The first kappa shape index (κ1) is 10.6. The highest BCUT2D eigenvalue weighted by Gasteiger charge is 2.10. The maximum Gasteiger partial charge on any atom is 0.0801 e. The van der Waals surface area contributed by atoms with Crippen LogP contribution in [0.3, 0.4) is 0 Å². The number of rotatable bonds is 2. The zero-order chi connectivity index (χ0) is 10.0. The van der Waals surface area contributed by atoms with Gasteiger partial charge in [0, 0.05) is 5.02 Å². The smallest absolute Gasteiger partial charge is 0.0801 e. The van der Waals surface area contributed by atoms with Gasteiger partial charge in [-0.3, -0.25) is 0 Å². The Morgan fingerprint density at radius 1 is 1.31 bits per heavy atom. The summed E-state index contributed by atoms with van der Waals surface area (Å²) in [5.74, 6) is 0. The molecule has 0 saturated heterocycles. The molecule has 0 heterocycles. The number of halogens is 1. The van der Waals surface area contributed by atoms with Crippen molar-refractivity contribution in [2.75, 3.05) is 0 Å². The number of aliphatic hydroxyl groups is 1. The van der Waals surface area contributed by atoms with Crippen molar-refractivity contribution in [2.45, 2.75) is 33.3 Å². The van der Waals surface area contributed by atoms with Crippen LogP contribution < -0.4 is 0 Å². The van der Waals surface area contributed by atoms with Gasteiger partial charge in [-0.1, -0.05) is 24.6 Å². The Labute approximate surface area is 84.4 Å². The van der Waals surface area contributed by atoms with E-state index < -0.39 is 6.10 Å². The molecular formula is C11H15ClO. The summed E-state index contributed by atoms with van der Waals surface area (Å²) in [5, 5.41) is 10.3. The van der Waals surface area contributed by atoms with Gasteiger partial charge in [0.05, 0.1) is 6.10 Å². The highest BCUT2D eigenvalue weighted by Crippen LogP contribution is 2.27. The van der Waals surface area contributed by atoms with E-state index in [1.54, 1.807) is 0 Å². The van der Waals surface area contributed by atoms with Crippen LogP contribution in [0.5, 0.6) is 0 Å². The van der Waals surface area contributed by atoms with Gasteiger partial charge in [-0.15, -0.1) is 0 Å². The number of hydrogen-bond donors (Lipinski definition) is 1. The highest BCUT2D eigenvalue weighted by atomic mass is 35.5. The average molecular weight is 199 g/mol. The van der Waals surface area contributed by atoms with E-state index in [0.717, 1.165) is 11.1 Å². The Morgan fingerprint density at radius 2 is 1.85 bits per heavy atom. The molecule has 72 valence electrons. The fraction of sp³-hybridized carbons (Fsp3) is 0.455. The van der Waals surface area contributed by atoms with Crippen LogP contribution in [0.25, 0.3) is 0 Å². The van der Waals surface area contributed by atoms with Crippen LogP contribution in [0, 0.1) is 13.8 Å². The van der Waals surface area contributed by atoms with E-state index in [0.29, 0.717) is 11.4 Å². The number of hydrogen-bond acceptors (Lipinski definition) is 1. The fourth-order valence-corrected chi connectivity index (χ4v) is 1.62. The van der Waals surface area contributed by atoms with Crippen LogP contribution in [0.2, 0.25) is 5.02 Å². The lowest BCUT2D eigenvalue weighted by atomic mass is 10.0. The van der Waals surface area contributed by atoms with Crippen molar-refractivity contribution in [3.05, 3.63) is 33.8 Å². The Morgan fingerprint density at radius 3 is 2.38 bits per heavy atom. The molecule has 1 atom stereocenters. The minimum atomic E-state index is -0.438. The molecule has 0 aliphatic rings. The molecule has 0 aromatic heterocycles. The van der Waals surface area contributed by atoms with Crippen molar-refractivity contribution < 1.29 is 5.11 Å². The maximum absolute atomic E-state index is 9.64. The second-order valence-corrected chi connectivity index (χ2v) is 3.79. The molecule has 0 fully saturated rings. The van der Waals surface area contributed by atoms with Crippen molar-refractivity contribution in [3.63, 3.8) is 0 Å². The molecule has 1 aromatic carbocycles. The second kappa shape index (κ2) is 4.12. The molecule has 0 bridgehead atoms. The number of aryl methyl sites for hydroxylation is 2. The van der Waals surface area contributed by atoms with Gasteiger partial charge in [0.15, 0.2) is 0 Å². The van der Waals surface area contributed by atoms with Crippen LogP contribution in [-0.2, 0) is 0 Å². The van der Waals surface area contributed by atoms with Crippen molar-refractivity contribution in [2.24, 2.45) is 0 Å². The van der Waals surface area contributed by atoms with Crippen LogP contribution in [-0.4, -0.2) is 5.11 Å². The summed E-state index contributed by atoms with van der Waals surface area (Å²) in [7, 11) is 0. The van der Waals surface area contributed by atoms with Gasteiger partial charge in [0.25, 0.3) is 0 Å². The van der Waals surface area contributed by atoms with E-state index in [1.807, 2.05) is 32.9 Å². The minimum Gasteiger partial charge on any atom is -0.388 e. The van der Waals surface area contributed by atoms with Crippen LogP contribution in [0.15, 0.2) is 12.1 Å². The van der Waals surface area contributed by atoms with Gasteiger partial charge in [0.1, 0.15) is 0 Å². The summed E-state index contributed by atoms with van der Waals surface area (Å²) in [5.41, 5.74) is 3.18. The molecule has 0 radical (unpaired) electrons. The monoisotopic (exact) mass is 198 g/mol. The van der Waals surface area contributed by atoms with Crippen LogP contribution in [0.4, 0.5) is 0 Å². The predicted octanol–water partition coefficient (Wildman–Crippen LogP) is 3.40. The molecule has 0 unspecified atom stereocenters. The summed E-state index contributed by atoms with van der Waals surface area (Å²) in [4.78, 5) is 0. The zero-order valence-electron chi connectivity index (χ0n) is 8.26. The third kappa shape index (κ3) is 2.23. The van der Waals surface area contributed by atoms with E-state index >= 15 is 0 Å². The molecule has 0 aliphatic carbocycles. The second-order valence-electron chi connectivity index (χ2n) is 3.38. The number of benzene rings is 1. The lowest BCUT2D eigenvalue weighted by Crippen LogP contribution is -1.97. The topological polar surface area (TPSA) is 20.2 Å². The van der Waals surface area contributed by atoms with Gasteiger partial charge in [-0.25, -0.2) is 0 Å². The zero-order valence-corrected chi connectivity index (χ0v) is 9.02. The van der Waals surface area contributed by atoms with Gasteiger partial charge in [-0.05, 0) is 43.0 Å². The molecule has 13 heavy (non-hydrogen) atoms. The Bertz CT molecular complexity index is 307. The molecule has 0 amide bonds. The summed E-state index contributed by atoms with van der Waals surface area (Å²) < 4.78 is 0. The largest absolute Gasteiger partial charge is 0.388 e. The molecule has 1 rings (SSSR count). The normalized spacial score (nSPS) is 13.0. The minimum absolute atomic E-state index is 0.438. The highest BCUT2D eigenvalue weighted by molar-refractivity contribution is 6.31.